The SMILES string of the molecule is CC(C)CN1C[C@H](C(=O)NCC2(c3ccccc3)CCC2)CC1=O. The van der Waals surface area contributed by atoms with E-state index >= 15 is 0 Å². The molecule has 2 fully saturated rings. The molecule has 1 aromatic rings. The van der Waals surface area contributed by atoms with Gasteiger partial charge in [-0.05, 0) is 24.3 Å². The number of benzene rings is 1. The van der Waals surface area contributed by atoms with Gasteiger partial charge in [-0.1, -0.05) is 50.6 Å². The standard InChI is InChI=1S/C20H28N2O2/c1-15(2)12-22-13-16(11-18(22)23)19(24)21-14-20(9-6-10-20)17-7-4-3-5-8-17/h3-5,7-8,15-16H,6,9-14H2,1-2H3,(H,21,24)/t16-/m1/s1. The first kappa shape index (κ1) is 17.0. The molecule has 2 aliphatic rings. The Morgan fingerprint density at radius 3 is 2.58 bits per heavy atom. The summed E-state index contributed by atoms with van der Waals surface area (Å²) in [5.74, 6) is 0.401. The third-order valence-electron chi connectivity index (χ3n) is 5.47. The Morgan fingerprint density at radius 2 is 2.00 bits per heavy atom. The number of nitrogens with one attached hydrogen (secondary N) is 1. The first-order valence-corrected chi connectivity index (χ1v) is 9.11. The molecule has 1 atom stereocenters. The van der Waals surface area contributed by atoms with Crippen molar-refractivity contribution in [3.8, 4) is 0 Å². The van der Waals surface area contributed by atoms with E-state index in [2.05, 4.69) is 43.4 Å². The molecule has 1 saturated carbocycles. The van der Waals surface area contributed by atoms with Gasteiger partial charge in [0, 0.05) is 31.5 Å². The van der Waals surface area contributed by atoms with Crippen molar-refractivity contribution >= 4 is 11.8 Å². The van der Waals surface area contributed by atoms with Crippen molar-refractivity contribution in [2.75, 3.05) is 19.6 Å². The topological polar surface area (TPSA) is 49.4 Å². The number of nitrogens with zero attached hydrogens (tertiary/aromatic N) is 1. The van der Waals surface area contributed by atoms with Gasteiger partial charge in [0.05, 0.1) is 5.92 Å². The summed E-state index contributed by atoms with van der Waals surface area (Å²) in [5, 5.41) is 3.14. The molecule has 2 amide bonds. The van der Waals surface area contributed by atoms with Crippen molar-refractivity contribution in [3.63, 3.8) is 0 Å². The highest BCUT2D eigenvalue weighted by Gasteiger charge is 2.40. The van der Waals surface area contributed by atoms with Gasteiger partial charge in [-0.25, -0.2) is 0 Å². The lowest BCUT2D eigenvalue weighted by Crippen LogP contribution is -2.47. The molecule has 3 rings (SSSR count). The molecule has 1 aliphatic carbocycles. The van der Waals surface area contributed by atoms with Crippen LogP contribution >= 0.6 is 0 Å². The quantitative estimate of drug-likeness (QED) is 0.873. The zero-order valence-electron chi connectivity index (χ0n) is 14.8. The van der Waals surface area contributed by atoms with Gasteiger partial charge in [0.25, 0.3) is 0 Å². The molecule has 4 heteroatoms. The third kappa shape index (κ3) is 3.47. The van der Waals surface area contributed by atoms with Gasteiger partial charge in [0.1, 0.15) is 0 Å². The van der Waals surface area contributed by atoms with Crippen LogP contribution in [0.5, 0.6) is 0 Å². The minimum absolute atomic E-state index is 0.0387. The maximum absolute atomic E-state index is 12.6. The fraction of sp³-hybridized carbons (Fsp3) is 0.600. The van der Waals surface area contributed by atoms with Crippen LogP contribution in [0.25, 0.3) is 0 Å². The molecule has 0 radical (unpaired) electrons. The van der Waals surface area contributed by atoms with Crippen LogP contribution in [0.4, 0.5) is 0 Å². The molecule has 1 N–H and O–H groups in total. The minimum atomic E-state index is -0.191. The van der Waals surface area contributed by atoms with Crippen molar-refractivity contribution in [1.82, 2.24) is 10.2 Å². The zero-order valence-corrected chi connectivity index (χ0v) is 14.8. The summed E-state index contributed by atoms with van der Waals surface area (Å²) in [6.45, 7) is 6.20. The Kier molecular flexibility index (Phi) is 4.93. The van der Waals surface area contributed by atoms with E-state index in [1.54, 1.807) is 0 Å². The summed E-state index contributed by atoms with van der Waals surface area (Å²) >= 11 is 0. The van der Waals surface area contributed by atoms with Crippen LogP contribution in [0.1, 0.15) is 45.1 Å². The molecule has 1 aliphatic heterocycles. The number of carbonyl (C=O) groups excluding carboxylic acids is 2. The van der Waals surface area contributed by atoms with E-state index in [0.717, 1.165) is 19.4 Å². The second-order valence-corrected chi connectivity index (χ2v) is 7.81. The largest absolute Gasteiger partial charge is 0.355 e. The molecule has 130 valence electrons. The summed E-state index contributed by atoms with van der Waals surface area (Å²) in [4.78, 5) is 26.4. The van der Waals surface area contributed by atoms with Crippen molar-refractivity contribution < 1.29 is 9.59 Å². The van der Waals surface area contributed by atoms with Crippen molar-refractivity contribution in [2.24, 2.45) is 11.8 Å². The van der Waals surface area contributed by atoms with Gasteiger partial charge in [0.15, 0.2) is 0 Å². The average molecular weight is 328 g/mol. The molecule has 1 heterocycles. The van der Waals surface area contributed by atoms with Crippen LogP contribution in [0.2, 0.25) is 0 Å². The average Bonchev–Trinajstić information content (AvgIpc) is 2.87. The van der Waals surface area contributed by atoms with Crippen LogP contribution in [0.15, 0.2) is 30.3 Å². The van der Waals surface area contributed by atoms with E-state index in [1.807, 2.05) is 11.0 Å². The number of hydrogen-bond acceptors (Lipinski definition) is 2. The summed E-state index contributed by atoms with van der Waals surface area (Å²) in [6.07, 6.45) is 3.83. The van der Waals surface area contributed by atoms with E-state index in [1.165, 1.54) is 12.0 Å². The summed E-state index contributed by atoms with van der Waals surface area (Å²) in [7, 11) is 0. The highest BCUT2D eigenvalue weighted by Crippen LogP contribution is 2.43. The molecule has 24 heavy (non-hydrogen) atoms. The maximum atomic E-state index is 12.6. The van der Waals surface area contributed by atoms with E-state index < -0.39 is 0 Å². The van der Waals surface area contributed by atoms with E-state index in [-0.39, 0.29) is 23.1 Å². The molecule has 1 aromatic carbocycles. The second kappa shape index (κ2) is 6.96. The van der Waals surface area contributed by atoms with E-state index in [4.69, 9.17) is 0 Å². The molecule has 4 nitrogen and oxygen atoms in total. The number of likely N-dealkylation sites (tertiary alicyclic amines) is 1. The van der Waals surface area contributed by atoms with Gasteiger partial charge in [-0.2, -0.15) is 0 Å². The van der Waals surface area contributed by atoms with Gasteiger partial charge < -0.3 is 10.2 Å². The summed E-state index contributed by atoms with van der Waals surface area (Å²) in [6, 6.07) is 10.5. The lowest BCUT2D eigenvalue weighted by molar-refractivity contribution is -0.129. The summed E-state index contributed by atoms with van der Waals surface area (Å²) < 4.78 is 0. The monoisotopic (exact) mass is 328 g/mol. The third-order valence-corrected chi connectivity index (χ3v) is 5.47. The minimum Gasteiger partial charge on any atom is -0.355 e. The Labute approximate surface area is 144 Å². The van der Waals surface area contributed by atoms with Gasteiger partial charge in [-0.15, -0.1) is 0 Å². The van der Waals surface area contributed by atoms with Crippen LogP contribution in [0, 0.1) is 11.8 Å². The number of hydrogen-bond donors (Lipinski definition) is 1. The number of rotatable bonds is 6. The molecular weight excluding hydrogens is 300 g/mol. The Bertz CT molecular complexity index is 593. The van der Waals surface area contributed by atoms with Crippen molar-refractivity contribution in [1.29, 1.82) is 0 Å². The van der Waals surface area contributed by atoms with E-state index in [0.29, 0.717) is 25.4 Å². The Balaban J connectivity index is 1.57. The lowest BCUT2D eigenvalue weighted by atomic mass is 9.64. The first-order chi connectivity index (χ1) is 11.5. The van der Waals surface area contributed by atoms with Crippen LogP contribution in [-0.4, -0.2) is 36.3 Å². The maximum Gasteiger partial charge on any atom is 0.225 e. The predicted molar refractivity (Wildman–Crippen MR) is 94.5 cm³/mol. The Hall–Kier alpha value is -1.84. The second-order valence-electron chi connectivity index (χ2n) is 7.81. The van der Waals surface area contributed by atoms with Gasteiger partial charge in [0.2, 0.25) is 11.8 Å². The first-order valence-electron chi connectivity index (χ1n) is 9.11. The van der Waals surface area contributed by atoms with Crippen molar-refractivity contribution in [2.45, 2.75) is 44.9 Å². The molecule has 0 bridgehead atoms. The Morgan fingerprint density at radius 1 is 1.29 bits per heavy atom. The van der Waals surface area contributed by atoms with Crippen molar-refractivity contribution in [3.05, 3.63) is 35.9 Å². The number of amides is 2. The van der Waals surface area contributed by atoms with Gasteiger partial charge >= 0.3 is 0 Å². The fourth-order valence-corrected chi connectivity index (χ4v) is 3.93. The van der Waals surface area contributed by atoms with Crippen LogP contribution in [-0.2, 0) is 15.0 Å². The van der Waals surface area contributed by atoms with Crippen LogP contribution in [0.3, 0.4) is 0 Å². The number of carbonyl (C=O) groups is 2. The predicted octanol–water partition coefficient (Wildman–Crippen LogP) is 2.73. The van der Waals surface area contributed by atoms with E-state index in [9.17, 15) is 9.59 Å². The molecule has 0 aromatic heterocycles. The van der Waals surface area contributed by atoms with Gasteiger partial charge in [-0.3, -0.25) is 9.59 Å². The molecule has 0 spiro atoms. The highest BCUT2D eigenvalue weighted by atomic mass is 16.2. The molecule has 0 unspecified atom stereocenters. The highest BCUT2D eigenvalue weighted by molar-refractivity contribution is 5.89. The molecule has 1 saturated heterocycles. The normalized spacial score (nSPS) is 22.5. The smallest absolute Gasteiger partial charge is 0.225 e. The fourth-order valence-electron chi connectivity index (χ4n) is 3.93. The zero-order chi connectivity index (χ0) is 17.2. The summed E-state index contributed by atoms with van der Waals surface area (Å²) in [5.41, 5.74) is 1.41. The van der Waals surface area contributed by atoms with Crippen LogP contribution < -0.4 is 5.32 Å². The lowest BCUT2D eigenvalue weighted by Gasteiger charge is -2.42. The molecular formula is C20H28N2O2.